The number of halogens is 2. The highest BCUT2D eigenvalue weighted by atomic mass is 35.7. The molecule has 0 radical (unpaired) electrons. The molecule has 1 aromatic carbocycles. The fourth-order valence-corrected chi connectivity index (χ4v) is 9.42. The third-order valence-electron chi connectivity index (χ3n) is 3.12. The van der Waals surface area contributed by atoms with E-state index in [1.54, 1.807) is 17.6 Å². The normalized spacial score (nSPS) is 14.4. The maximum atomic E-state index is 11.5. The van der Waals surface area contributed by atoms with Crippen LogP contribution in [0.3, 0.4) is 0 Å². The predicted molar refractivity (Wildman–Crippen MR) is 98.5 cm³/mol. The first-order chi connectivity index (χ1) is 10.5. The van der Waals surface area contributed by atoms with Gasteiger partial charge in [-0.25, -0.2) is 21.8 Å². The Labute approximate surface area is 152 Å². The van der Waals surface area contributed by atoms with Crippen molar-refractivity contribution in [3.05, 3.63) is 23.2 Å². The Morgan fingerprint density at radius 2 is 1.83 bits per heavy atom. The van der Waals surface area contributed by atoms with Crippen LogP contribution in [0.2, 0.25) is 0 Å². The molecule has 128 valence electrons. The van der Waals surface area contributed by atoms with Crippen LogP contribution in [0.5, 0.6) is 0 Å². The van der Waals surface area contributed by atoms with Crippen molar-refractivity contribution >= 4 is 79.3 Å². The monoisotopic (exact) mass is 434 g/mol. The van der Waals surface area contributed by atoms with Crippen LogP contribution >= 0.6 is 45.3 Å². The molecule has 12 heteroatoms. The van der Waals surface area contributed by atoms with Gasteiger partial charge in [0.2, 0.25) is 4.58 Å². The van der Waals surface area contributed by atoms with Gasteiger partial charge in [0.1, 0.15) is 0 Å². The minimum Gasteiger partial charge on any atom is -0.399 e. The van der Waals surface area contributed by atoms with Crippen molar-refractivity contribution in [3.8, 4) is 0 Å². The fraction of sp³-hybridized carbons (Fsp3) is 0.364. The molecule has 0 fully saturated rings. The maximum absolute atomic E-state index is 11.5. The molecule has 0 aliphatic carbocycles. The average Bonchev–Trinajstić information content (AvgIpc) is 2.80. The van der Waals surface area contributed by atoms with Gasteiger partial charge < -0.3 is 5.73 Å². The highest BCUT2D eigenvalue weighted by molar-refractivity contribution is 8.29. The number of thiol groups is 1. The zero-order valence-electron chi connectivity index (χ0n) is 11.4. The summed E-state index contributed by atoms with van der Waals surface area (Å²) in [5.41, 5.74) is 9.54. The Hall–Kier alpha value is -0.260. The number of fused-ring (bicyclic) bond motifs is 1. The molecule has 1 aromatic heterocycles. The molecule has 2 aromatic rings. The lowest BCUT2D eigenvalue weighted by Gasteiger charge is -2.17. The zero-order valence-corrected chi connectivity index (χ0v) is 16.2. The molecular formula is C11H12Cl2N2O4S4. The standard InChI is InChI=1S/C11H12Cl2N2O4S4/c12-22(16,17)11(23(13,18)19)8(20)2-1-6-3-7(14)4-9-10(6)15-5-21-9/h3-5,8,11,20H,1-2,14H2. The summed E-state index contributed by atoms with van der Waals surface area (Å²) in [7, 11) is 1.53. The van der Waals surface area contributed by atoms with Crippen molar-refractivity contribution in [2.24, 2.45) is 0 Å². The van der Waals surface area contributed by atoms with Crippen LogP contribution in [0.15, 0.2) is 17.6 Å². The van der Waals surface area contributed by atoms with E-state index in [-0.39, 0.29) is 6.42 Å². The van der Waals surface area contributed by atoms with Gasteiger partial charge in [0.15, 0.2) is 0 Å². The maximum Gasteiger partial charge on any atom is 0.252 e. The number of benzene rings is 1. The highest BCUT2D eigenvalue weighted by Crippen LogP contribution is 2.30. The first-order valence-electron chi connectivity index (χ1n) is 6.17. The molecule has 1 atom stereocenters. The SMILES string of the molecule is Nc1cc(CCC(S)C(S(=O)(=O)Cl)S(=O)(=O)Cl)c2ncsc2c1. The van der Waals surface area contributed by atoms with Crippen molar-refractivity contribution in [2.45, 2.75) is 22.7 Å². The zero-order chi connectivity index (χ0) is 17.4. The van der Waals surface area contributed by atoms with Crippen LogP contribution < -0.4 is 5.73 Å². The summed E-state index contributed by atoms with van der Waals surface area (Å²) in [6.07, 6.45) is 0.441. The number of nitrogens with two attached hydrogens (primary N) is 1. The van der Waals surface area contributed by atoms with Crippen LogP contribution in [-0.2, 0) is 24.5 Å². The largest absolute Gasteiger partial charge is 0.399 e. The second kappa shape index (κ2) is 6.93. The van der Waals surface area contributed by atoms with E-state index in [1.807, 2.05) is 0 Å². The minimum atomic E-state index is -4.43. The van der Waals surface area contributed by atoms with Gasteiger partial charge in [-0.1, -0.05) is 0 Å². The summed E-state index contributed by atoms with van der Waals surface area (Å²) in [4.78, 5) is 4.23. The second-order valence-electron chi connectivity index (χ2n) is 4.80. The molecular weight excluding hydrogens is 423 g/mol. The van der Waals surface area contributed by atoms with E-state index in [0.717, 1.165) is 15.8 Å². The summed E-state index contributed by atoms with van der Waals surface area (Å²) < 4.78 is 44.8. The van der Waals surface area contributed by atoms with Gasteiger partial charge in [0.05, 0.1) is 15.7 Å². The quantitative estimate of drug-likeness (QED) is 0.410. The number of nitrogens with zero attached hydrogens (tertiary/aromatic N) is 1. The van der Waals surface area contributed by atoms with E-state index in [4.69, 9.17) is 27.1 Å². The molecule has 6 nitrogen and oxygen atoms in total. The summed E-state index contributed by atoms with van der Waals surface area (Å²) in [5, 5.41) is -1.09. The first-order valence-corrected chi connectivity index (χ1v) is 12.3. The van der Waals surface area contributed by atoms with Crippen LogP contribution in [0.25, 0.3) is 10.2 Å². The predicted octanol–water partition coefficient (Wildman–Crippen LogP) is 2.57. The number of aryl methyl sites for hydroxylation is 1. The Balaban J connectivity index is 2.26. The van der Waals surface area contributed by atoms with Crippen LogP contribution in [0.1, 0.15) is 12.0 Å². The summed E-state index contributed by atoms with van der Waals surface area (Å²) in [6, 6.07) is 3.49. The molecule has 2 N–H and O–H groups in total. The molecule has 0 spiro atoms. The lowest BCUT2D eigenvalue weighted by atomic mass is 10.1. The van der Waals surface area contributed by atoms with Crippen LogP contribution in [0.4, 0.5) is 5.69 Å². The Bertz CT molecular complexity index is 895. The topological polar surface area (TPSA) is 107 Å². The van der Waals surface area contributed by atoms with E-state index in [2.05, 4.69) is 17.6 Å². The number of nitrogen functional groups attached to an aromatic ring is 1. The molecule has 0 aliphatic rings. The molecule has 0 saturated heterocycles. The van der Waals surface area contributed by atoms with Crippen molar-refractivity contribution in [2.75, 3.05) is 5.73 Å². The van der Waals surface area contributed by atoms with E-state index < -0.39 is 27.9 Å². The number of hydrogen-bond acceptors (Lipinski definition) is 8. The van der Waals surface area contributed by atoms with Crippen molar-refractivity contribution in [3.63, 3.8) is 0 Å². The summed E-state index contributed by atoms with van der Waals surface area (Å²) in [6.45, 7) is 0. The molecule has 1 unspecified atom stereocenters. The minimum absolute atomic E-state index is 0.113. The Morgan fingerprint density at radius 3 is 2.39 bits per heavy atom. The number of thiazole rings is 1. The highest BCUT2D eigenvalue weighted by Gasteiger charge is 2.40. The lowest BCUT2D eigenvalue weighted by Crippen LogP contribution is -2.33. The molecule has 0 amide bonds. The first kappa shape index (κ1) is 19.1. The molecule has 1 heterocycles. The average molecular weight is 435 g/mol. The van der Waals surface area contributed by atoms with Gasteiger partial charge in [-0.15, -0.1) is 11.3 Å². The number of anilines is 1. The van der Waals surface area contributed by atoms with Gasteiger partial charge in [-0.05, 0) is 30.5 Å². The number of aromatic nitrogens is 1. The summed E-state index contributed by atoms with van der Waals surface area (Å²) >= 11 is 5.49. The van der Waals surface area contributed by atoms with Crippen molar-refractivity contribution < 1.29 is 16.8 Å². The lowest BCUT2D eigenvalue weighted by molar-refractivity contribution is 0.584. The van der Waals surface area contributed by atoms with Gasteiger partial charge in [0.25, 0.3) is 18.1 Å². The van der Waals surface area contributed by atoms with Gasteiger partial charge in [-0.3, -0.25) is 0 Å². The van der Waals surface area contributed by atoms with E-state index in [0.29, 0.717) is 12.1 Å². The third kappa shape index (κ3) is 4.64. The Morgan fingerprint density at radius 1 is 1.22 bits per heavy atom. The molecule has 2 rings (SSSR count). The van der Waals surface area contributed by atoms with Crippen molar-refractivity contribution in [1.82, 2.24) is 4.98 Å². The molecule has 0 aliphatic heterocycles. The van der Waals surface area contributed by atoms with E-state index in [1.165, 1.54) is 11.3 Å². The fourth-order valence-electron chi connectivity index (χ4n) is 2.20. The van der Waals surface area contributed by atoms with Crippen LogP contribution in [-0.4, -0.2) is 31.7 Å². The van der Waals surface area contributed by atoms with Crippen molar-refractivity contribution in [1.29, 1.82) is 0 Å². The second-order valence-corrected chi connectivity index (χ2v) is 12.2. The number of rotatable bonds is 6. The van der Waals surface area contributed by atoms with E-state index >= 15 is 0 Å². The summed E-state index contributed by atoms with van der Waals surface area (Å²) in [5.74, 6) is 0. The Kier molecular flexibility index (Phi) is 5.74. The molecule has 23 heavy (non-hydrogen) atoms. The smallest absolute Gasteiger partial charge is 0.252 e. The van der Waals surface area contributed by atoms with E-state index in [9.17, 15) is 16.8 Å². The molecule has 0 bridgehead atoms. The van der Waals surface area contributed by atoms with Gasteiger partial charge in [0, 0.05) is 32.3 Å². The van der Waals surface area contributed by atoms with Gasteiger partial charge >= 0.3 is 0 Å². The van der Waals surface area contributed by atoms with Gasteiger partial charge in [-0.2, -0.15) is 12.6 Å². The third-order valence-corrected chi connectivity index (χ3v) is 9.92. The number of hydrogen-bond donors (Lipinski definition) is 2. The molecule has 0 saturated carbocycles. The van der Waals surface area contributed by atoms with Crippen LogP contribution in [0, 0.1) is 0 Å².